The van der Waals surface area contributed by atoms with Crippen LogP contribution in [0.3, 0.4) is 0 Å². The molecule has 0 spiro atoms. The minimum atomic E-state index is 0.878. The number of rotatable bonds is 6. The zero-order valence-electron chi connectivity index (χ0n) is 49.2. The van der Waals surface area contributed by atoms with E-state index in [-0.39, 0.29) is 0 Å². The van der Waals surface area contributed by atoms with Gasteiger partial charge in [-0.25, -0.2) is 29.9 Å². The summed E-state index contributed by atoms with van der Waals surface area (Å²) >= 11 is 0. The maximum atomic E-state index is 5.79. The van der Waals surface area contributed by atoms with Crippen LogP contribution in [-0.2, 0) is 0 Å². The highest BCUT2D eigenvalue weighted by Crippen LogP contribution is 2.52. The first-order valence-electron chi connectivity index (χ1n) is 30.0. The normalized spacial score (nSPS) is 12.2. The van der Waals surface area contributed by atoms with Gasteiger partial charge in [-0.1, -0.05) is 109 Å². The number of hydrogen-bond donors (Lipinski definition) is 3. The third-order valence-electron chi connectivity index (χ3n) is 18.9. The topological polar surface area (TPSA) is 128 Å². The predicted octanol–water partition coefficient (Wildman–Crippen LogP) is 20.2. The predicted molar refractivity (Wildman–Crippen MR) is 366 cm³/mol. The van der Waals surface area contributed by atoms with Gasteiger partial charge >= 0.3 is 0 Å². The lowest BCUT2D eigenvalue weighted by atomic mass is 9.89. The Morgan fingerprint density at radius 1 is 0.261 bits per heavy atom. The first-order valence-corrected chi connectivity index (χ1v) is 30.0. The SMILES string of the molecule is Cc1cc2[nH]c3ccc4nc5ccccc5c4c3nc2c(-c2ccccc2N(c2ccccc2-c2c(C)c(C)cc3[nH]c4ccc5nc6ccccc6c5c4nc23)c2ccccc2-c2c(C)c(C)cc3[nH]c4ccc5nc6ccccc6c5c4nc23)c1C. The van der Waals surface area contributed by atoms with Gasteiger partial charge in [-0.05, 0) is 166 Å². The summed E-state index contributed by atoms with van der Waals surface area (Å²) in [5.74, 6) is 0. The molecule has 0 bridgehead atoms. The van der Waals surface area contributed by atoms with Crippen molar-refractivity contribution in [3.63, 3.8) is 0 Å². The zero-order chi connectivity index (χ0) is 58.8. The lowest BCUT2D eigenvalue weighted by Gasteiger charge is -2.33. The number of H-pyrrole nitrogens is 3. The van der Waals surface area contributed by atoms with Crippen molar-refractivity contribution in [3.8, 4) is 33.4 Å². The molecule has 0 fully saturated rings. The summed E-state index contributed by atoms with van der Waals surface area (Å²) in [5.41, 5.74) is 32.7. The molecule has 0 aliphatic heterocycles. The Labute approximate surface area is 504 Å². The van der Waals surface area contributed by atoms with Crippen molar-refractivity contribution < 1.29 is 0 Å². The third kappa shape index (κ3) is 7.17. The number of aromatic nitrogens is 9. The van der Waals surface area contributed by atoms with Gasteiger partial charge < -0.3 is 19.9 Å². The second-order valence-electron chi connectivity index (χ2n) is 23.8. The molecule has 0 atom stereocenters. The molecule has 10 heteroatoms. The Hall–Kier alpha value is -11.4. The van der Waals surface area contributed by atoms with Crippen molar-refractivity contribution in [3.05, 3.63) is 234 Å². The number of fused-ring (bicyclic) bond motifs is 18. The van der Waals surface area contributed by atoms with Crippen LogP contribution < -0.4 is 4.90 Å². The Bertz CT molecular complexity index is 5510. The molecule has 0 saturated carbocycles. The number of benzene rings is 12. The second kappa shape index (κ2) is 18.6. The number of nitrogens with zero attached hydrogens (tertiary/aromatic N) is 7. The Morgan fingerprint density at radius 3 is 0.864 bits per heavy atom. The monoisotopic (exact) mass is 1130 g/mol. The van der Waals surface area contributed by atoms with Crippen LogP contribution in [-0.4, -0.2) is 44.9 Å². The van der Waals surface area contributed by atoms with Crippen LogP contribution in [0.15, 0.2) is 200 Å². The summed E-state index contributed by atoms with van der Waals surface area (Å²) in [7, 11) is 0. The fraction of sp³-hybridized carbons (Fsp3) is 0.0769. The molecule has 10 nitrogen and oxygen atoms in total. The van der Waals surface area contributed by atoms with Gasteiger partial charge in [0.2, 0.25) is 0 Å². The standard InChI is InChI=1S/C78H54N10/c1-40-37-61-76(85-73-58(82-61)34-31-55-70(73)46-19-7-13-25-52(46)79-55)67(43(40)4)49-22-10-16-28-64(49)88(65-29-17-11-23-50(65)68-44(5)41(2)38-62-77(68)86-74-59(83-62)35-32-56-71(74)47-20-8-14-26-53(47)80-56)66-30-18-12-24-51(66)69-45(6)42(3)39-63-78(69)87-75-60(84-63)36-33-57-72(75)48-21-9-15-27-54(48)81-57/h7-39,82-84H,1-6H3. The van der Waals surface area contributed by atoms with E-state index in [4.69, 9.17) is 29.9 Å². The van der Waals surface area contributed by atoms with Gasteiger partial charge in [-0.2, -0.15) is 0 Å². The van der Waals surface area contributed by atoms with E-state index in [1.165, 1.54) is 0 Å². The molecule has 0 saturated heterocycles. The van der Waals surface area contributed by atoms with Crippen molar-refractivity contribution in [1.82, 2.24) is 44.9 Å². The minimum absolute atomic E-state index is 0.878. The van der Waals surface area contributed by atoms with E-state index in [2.05, 4.69) is 262 Å². The van der Waals surface area contributed by atoms with Crippen molar-refractivity contribution in [2.24, 2.45) is 0 Å². The molecule has 18 rings (SSSR count). The highest BCUT2D eigenvalue weighted by atomic mass is 15.2. The van der Waals surface area contributed by atoms with Crippen LogP contribution in [0.25, 0.3) is 165 Å². The number of anilines is 3. The molecule has 3 N–H and O–H groups in total. The average molecular weight is 1130 g/mol. The number of nitrogens with one attached hydrogen (secondary N) is 3. The largest absolute Gasteiger partial charge is 0.352 e. The van der Waals surface area contributed by atoms with Crippen molar-refractivity contribution in [2.75, 3.05) is 4.90 Å². The first kappa shape index (κ1) is 50.0. The van der Waals surface area contributed by atoms with Crippen molar-refractivity contribution in [1.29, 1.82) is 0 Å². The summed E-state index contributed by atoms with van der Waals surface area (Å²) in [4.78, 5) is 46.8. The molecule has 0 aliphatic carbocycles. The van der Waals surface area contributed by atoms with Gasteiger partial charge in [0.1, 0.15) is 0 Å². The molecule has 18 aromatic rings. The molecule has 88 heavy (non-hydrogen) atoms. The Morgan fingerprint density at radius 2 is 0.545 bits per heavy atom. The number of para-hydroxylation sites is 6. The van der Waals surface area contributed by atoms with Crippen LogP contribution >= 0.6 is 0 Å². The van der Waals surface area contributed by atoms with Crippen LogP contribution in [0.5, 0.6) is 0 Å². The first-order chi connectivity index (χ1) is 43.1. The van der Waals surface area contributed by atoms with Gasteiger partial charge in [-0.3, -0.25) is 0 Å². The zero-order valence-corrected chi connectivity index (χ0v) is 49.2. The molecule has 0 aliphatic rings. The second-order valence-corrected chi connectivity index (χ2v) is 23.8. The lowest BCUT2D eigenvalue weighted by Crippen LogP contribution is -2.15. The van der Waals surface area contributed by atoms with Gasteiger partial charge in [0.25, 0.3) is 0 Å². The van der Waals surface area contributed by atoms with Crippen LogP contribution in [0.4, 0.5) is 17.1 Å². The molecule has 6 heterocycles. The maximum absolute atomic E-state index is 5.79. The molecular weight excluding hydrogens is 1080 g/mol. The van der Waals surface area contributed by atoms with E-state index in [1.54, 1.807) is 0 Å². The molecule has 0 unspecified atom stereocenters. The number of hydrogen-bond acceptors (Lipinski definition) is 7. The molecule has 0 radical (unpaired) electrons. The smallest absolute Gasteiger partial charge is 0.0973 e. The fourth-order valence-corrected chi connectivity index (χ4v) is 14.3. The van der Waals surface area contributed by atoms with Crippen LogP contribution in [0.1, 0.15) is 33.4 Å². The van der Waals surface area contributed by atoms with Gasteiger partial charge in [0.05, 0.1) is 116 Å². The molecule has 6 aromatic heterocycles. The van der Waals surface area contributed by atoms with Gasteiger partial charge in [0.15, 0.2) is 0 Å². The van der Waals surface area contributed by atoms with E-state index in [0.717, 1.165) is 215 Å². The molecule has 12 aromatic carbocycles. The van der Waals surface area contributed by atoms with E-state index >= 15 is 0 Å². The summed E-state index contributed by atoms with van der Waals surface area (Å²) in [6, 6.07) is 71.3. The maximum Gasteiger partial charge on any atom is 0.0973 e. The third-order valence-corrected chi connectivity index (χ3v) is 18.9. The van der Waals surface area contributed by atoms with E-state index in [1.807, 2.05) is 0 Å². The van der Waals surface area contributed by atoms with E-state index < -0.39 is 0 Å². The van der Waals surface area contributed by atoms with E-state index in [0.29, 0.717) is 0 Å². The molecular formula is C78H54N10. The minimum Gasteiger partial charge on any atom is -0.352 e. The summed E-state index contributed by atoms with van der Waals surface area (Å²) in [5, 5.41) is 6.37. The Kier molecular flexibility index (Phi) is 10.6. The lowest BCUT2D eigenvalue weighted by molar-refractivity contribution is 1.26. The summed E-state index contributed by atoms with van der Waals surface area (Å²) in [6.07, 6.45) is 0. The Balaban J connectivity index is 0.956. The highest BCUT2D eigenvalue weighted by molar-refractivity contribution is 6.23. The number of aryl methyl sites for hydroxylation is 3. The molecule has 0 amide bonds. The summed E-state index contributed by atoms with van der Waals surface area (Å²) in [6.45, 7) is 13.4. The van der Waals surface area contributed by atoms with Crippen molar-refractivity contribution in [2.45, 2.75) is 41.5 Å². The highest BCUT2D eigenvalue weighted by Gasteiger charge is 2.29. The van der Waals surface area contributed by atoms with Crippen molar-refractivity contribution >= 4 is 149 Å². The van der Waals surface area contributed by atoms with Crippen LogP contribution in [0.2, 0.25) is 0 Å². The van der Waals surface area contributed by atoms with Gasteiger partial charge in [-0.15, -0.1) is 0 Å². The number of aromatic amines is 3. The van der Waals surface area contributed by atoms with E-state index in [9.17, 15) is 0 Å². The van der Waals surface area contributed by atoms with Crippen LogP contribution in [0, 0.1) is 41.5 Å². The summed E-state index contributed by atoms with van der Waals surface area (Å²) < 4.78 is 0. The quantitative estimate of drug-likeness (QED) is 0.142. The van der Waals surface area contributed by atoms with Gasteiger partial charge in [0, 0.05) is 65.7 Å². The molecule has 416 valence electrons. The average Bonchev–Trinajstić information content (AvgIpc) is 1.34. The fourth-order valence-electron chi connectivity index (χ4n) is 14.3.